The van der Waals surface area contributed by atoms with Gasteiger partial charge >= 0.3 is 0 Å². The van der Waals surface area contributed by atoms with E-state index in [0.29, 0.717) is 12.4 Å². The summed E-state index contributed by atoms with van der Waals surface area (Å²) in [5.74, 6) is 1.39. The molecule has 1 heterocycles. The van der Waals surface area contributed by atoms with Gasteiger partial charge in [0, 0.05) is 0 Å². The monoisotopic (exact) mass is 297 g/mol. The quantitative estimate of drug-likeness (QED) is 0.873. The van der Waals surface area contributed by atoms with Gasteiger partial charge in [0.05, 0.1) is 11.7 Å². The van der Waals surface area contributed by atoms with Crippen LogP contribution in [0.3, 0.4) is 0 Å². The van der Waals surface area contributed by atoms with Crippen LogP contribution in [-0.2, 0) is 4.79 Å². The topological polar surface area (TPSA) is 38.8 Å². The average Bonchev–Trinajstić information content (AvgIpc) is 2.52. The molecule has 4 heteroatoms. The van der Waals surface area contributed by atoms with Crippen LogP contribution in [-0.4, -0.2) is 25.2 Å². The number of aryl methyl sites for hydroxylation is 1. The van der Waals surface area contributed by atoms with Crippen molar-refractivity contribution in [3.05, 3.63) is 54.1 Å². The summed E-state index contributed by atoms with van der Waals surface area (Å²) in [6.45, 7) is 4.48. The summed E-state index contributed by atoms with van der Waals surface area (Å²) in [4.78, 5) is 14.3. The summed E-state index contributed by atoms with van der Waals surface area (Å²) in [6.07, 6.45) is 0. The second-order valence-electron chi connectivity index (χ2n) is 5.50. The van der Waals surface area contributed by atoms with Crippen molar-refractivity contribution in [2.45, 2.75) is 19.9 Å². The maximum atomic E-state index is 12.6. The molecule has 0 N–H and O–H groups in total. The van der Waals surface area contributed by atoms with Crippen LogP contribution in [0, 0.1) is 6.92 Å². The Balaban J connectivity index is 1.74. The van der Waals surface area contributed by atoms with Crippen LogP contribution in [0.5, 0.6) is 11.5 Å². The highest BCUT2D eigenvalue weighted by Gasteiger charge is 2.29. The number of anilines is 1. The summed E-state index contributed by atoms with van der Waals surface area (Å²) in [6, 6.07) is 15.3. The molecule has 1 atom stereocenters. The van der Waals surface area contributed by atoms with Crippen LogP contribution in [0.1, 0.15) is 12.5 Å². The molecule has 1 unspecified atom stereocenters. The molecule has 0 radical (unpaired) electrons. The number of ether oxygens (including phenoxy) is 2. The Kier molecular flexibility index (Phi) is 4.00. The normalized spacial score (nSPS) is 16.6. The molecule has 0 spiro atoms. The number of hydrogen-bond acceptors (Lipinski definition) is 3. The molecule has 3 rings (SSSR count). The maximum absolute atomic E-state index is 12.6. The molecule has 0 bridgehead atoms. The van der Waals surface area contributed by atoms with Gasteiger partial charge in [0.25, 0.3) is 5.91 Å². The summed E-state index contributed by atoms with van der Waals surface area (Å²) in [5.41, 5.74) is 1.91. The Hall–Kier alpha value is -2.49. The molecule has 114 valence electrons. The lowest BCUT2D eigenvalue weighted by molar-refractivity contribution is -0.121. The van der Waals surface area contributed by atoms with Crippen molar-refractivity contribution in [2.24, 2.45) is 0 Å². The summed E-state index contributed by atoms with van der Waals surface area (Å²) in [7, 11) is 0. The highest BCUT2D eigenvalue weighted by atomic mass is 16.5. The zero-order chi connectivity index (χ0) is 15.5. The lowest BCUT2D eigenvalue weighted by atomic mass is 10.1. The fourth-order valence-electron chi connectivity index (χ4n) is 2.60. The lowest BCUT2D eigenvalue weighted by Crippen LogP contribution is -2.47. The fourth-order valence-corrected chi connectivity index (χ4v) is 2.60. The standard InChI is InChI=1S/C18H19NO3/c1-13-6-5-7-15(10-13)21-12-18(20)19-14(2)11-22-17-9-4-3-8-16(17)19/h3-10,14H,11-12H2,1-2H3. The molecule has 0 fully saturated rings. The zero-order valence-corrected chi connectivity index (χ0v) is 12.8. The molecule has 0 saturated heterocycles. The van der Waals surface area contributed by atoms with E-state index in [9.17, 15) is 4.79 Å². The van der Waals surface area contributed by atoms with Gasteiger partial charge in [-0.15, -0.1) is 0 Å². The Morgan fingerprint density at radius 1 is 1.27 bits per heavy atom. The molecular weight excluding hydrogens is 278 g/mol. The number of carbonyl (C=O) groups is 1. The summed E-state index contributed by atoms with van der Waals surface area (Å²) in [5, 5.41) is 0. The van der Waals surface area contributed by atoms with Gasteiger partial charge in [-0.05, 0) is 43.7 Å². The number of hydrogen-bond donors (Lipinski definition) is 0. The molecule has 2 aromatic rings. The SMILES string of the molecule is Cc1cccc(OCC(=O)N2c3ccccc3OCC2C)c1. The molecule has 2 aromatic carbocycles. The predicted molar refractivity (Wildman–Crippen MR) is 85.6 cm³/mol. The van der Waals surface area contributed by atoms with Gasteiger partial charge < -0.3 is 9.47 Å². The second kappa shape index (κ2) is 6.10. The van der Waals surface area contributed by atoms with Crippen molar-refractivity contribution >= 4 is 11.6 Å². The lowest BCUT2D eigenvalue weighted by Gasteiger charge is -2.34. The van der Waals surface area contributed by atoms with E-state index in [1.54, 1.807) is 4.90 Å². The highest BCUT2D eigenvalue weighted by molar-refractivity contribution is 5.96. The van der Waals surface area contributed by atoms with Crippen LogP contribution in [0.2, 0.25) is 0 Å². The molecule has 0 saturated carbocycles. The van der Waals surface area contributed by atoms with Crippen LogP contribution in [0.15, 0.2) is 48.5 Å². The Bertz CT molecular complexity index is 684. The molecule has 1 amide bonds. The number of nitrogens with zero attached hydrogens (tertiary/aromatic N) is 1. The van der Waals surface area contributed by atoms with E-state index in [1.807, 2.05) is 62.4 Å². The maximum Gasteiger partial charge on any atom is 0.265 e. The third-order valence-electron chi connectivity index (χ3n) is 3.67. The van der Waals surface area contributed by atoms with Crippen molar-refractivity contribution in [3.63, 3.8) is 0 Å². The first-order valence-corrected chi connectivity index (χ1v) is 7.38. The fraction of sp³-hybridized carbons (Fsp3) is 0.278. The van der Waals surface area contributed by atoms with Crippen molar-refractivity contribution in [1.82, 2.24) is 0 Å². The average molecular weight is 297 g/mol. The van der Waals surface area contributed by atoms with E-state index in [-0.39, 0.29) is 18.6 Å². The Morgan fingerprint density at radius 3 is 2.91 bits per heavy atom. The van der Waals surface area contributed by atoms with Gasteiger partial charge in [0.2, 0.25) is 0 Å². The molecule has 1 aliphatic heterocycles. The van der Waals surface area contributed by atoms with Gasteiger partial charge in [0.15, 0.2) is 6.61 Å². The first-order valence-electron chi connectivity index (χ1n) is 7.38. The smallest absolute Gasteiger partial charge is 0.265 e. The van der Waals surface area contributed by atoms with E-state index < -0.39 is 0 Å². The minimum absolute atomic E-state index is 0.0106. The van der Waals surface area contributed by atoms with E-state index in [1.165, 1.54) is 0 Å². The van der Waals surface area contributed by atoms with Gasteiger partial charge in [-0.2, -0.15) is 0 Å². The molecule has 22 heavy (non-hydrogen) atoms. The second-order valence-corrected chi connectivity index (χ2v) is 5.50. The Morgan fingerprint density at radius 2 is 2.09 bits per heavy atom. The van der Waals surface area contributed by atoms with Crippen molar-refractivity contribution in [2.75, 3.05) is 18.1 Å². The minimum Gasteiger partial charge on any atom is -0.489 e. The largest absolute Gasteiger partial charge is 0.489 e. The van der Waals surface area contributed by atoms with E-state index in [4.69, 9.17) is 9.47 Å². The molecule has 4 nitrogen and oxygen atoms in total. The number of para-hydroxylation sites is 2. The molecule has 1 aliphatic rings. The minimum atomic E-state index is -0.0650. The van der Waals surface area contributed by atoms with Gasteiger partial charge in [-0.3, -0.25) is 9.69 Å². The molecular formula is C18H19NO3. The molecule has 0 aromatic heterocycles. The predicted octanol–water partition coefficient (Wildman–Crippen LogP) is 3.19. The van der Waals surface area contributed by atoms with Gasteiger partial charge in [0.1, 0.15) is 18.1 Å². The molecule has 0 aliphatic carbocycles. The van der Waals surface area contributed by atoms with Crippen LogP contribution >= 0.6 is 0 Å². The zero-order valence-electron chi connectivity index (χ0n) is 12.8. The number of fused-ring (bicyclic) bond motifs is 1. The number of rotatable bonds is 3. The Labute approximate surface area is 130 Å². The third kappa shape index (κ3) is 2.91. The first kappa shape index (κ1) is 14.4. The van der Waals surface area contributed by atoms with Crippen molar-refractivity contribution < 1.29 is 14.3 Å². The van der Waals surface area contributed by atoms with Gasteiger partial charge in [-0.25, -0.2) is 0 Å². The number of carbonyl (C=O) groups excluding carboxylic acids is 1. The third-order valence-corrected chi connectivity index (χ3v) is 3.67. The first-order chi connectivity index (χ1) is 10.6. The summed E-state index contributed by atoms with van der Waals surface area (Å²) >= 11 is 0. The van der Waals surface area contributed by atoms with Crippen LogP contribution < -0.4 is 14.4 Å². The van der Waals surface area contributed by atoms with Crippen LogP contribution in [0.25, 0.3) is 0 Å². The number of benzene rings is 2. The van der Waals surface area contributed by atoms with Crippen LogP contribution in [0.4, 0.5) is 5.69 Å². The van der Waals surface area contributed by atoms with Crippen molar-refractivity contribution in [1.29, 1.82) is 0 Å². The summed E-state index contributed by atoms with van der Waals surface area (Å²) < 4.78 is 11.3. The van der Waals surface area contributed by atoms with Crippen molar-refractivity contribution in [3.8, 4) is 11.5 Å². The van der Waals surface area contributed by atoms with E-state index >= 15 is 0 Å². The number of amides is 1. The van der Waals surface area contributed by atoms with E-state index in [0.717, 1.165) is 17.0 Å². The highest BCUT2D eigenvalue weighted by Crippen LogP contribution is 2.33. The van der Waals surface area contributed by atoms with Gasteiger partial charge in [-0.1, -0.05) is 24.3 Å². The van der Waals surface area contributed by atoms with E-state index in [2.05, 4.69) is 0 Å².